The van der Waals surface area contributed by atoms with Gasteiger partial charge in [-0.15, -0.1) is 0 Å². The number of aliphatic hydroxyl groups is 1. The maximum Gasteiger partial charge on any atom is 0.306 e. The van der Waals surface area contributed by atoms with Gasteiger partial charge in [0.2, 0.25) is 0 Å². The summed E-state index contributed by atoms with van der Waals surface area (Å²) in [5, 5.41) is 18.9. The van der Waals surface area contributed by atoms with E-state index in [0.29, 0.717) is 5.56 Å². The van der Waals surface area contributed by atoms with Crippen molar-refractivity contribution >= 4 is 5.97 Å². The van der Waals surface area contributed by atoms with Gasteiger partial charge in [0.15, 0.2) is 0 Å². The third-order valence-corrected chi connectivity index (χ3v) is 2.14. The van der Waals surface area contributed by atoms with Gasteiger partial charge in [0.05, 0.1) is 6.42 Å². The second-order valence-electron chi connectivity index (χ2n) is 3.36. The molecule has 1 atom stereocenters. The molecule has 0 aromatic heterocycles. The quantitative estimate of drug-likeness (QED) is 0.740. The molecule has 80 valence electrons. The van der Waals surface area contributed by atoms with Crippen LogP contribution < -0.4 is 0 Å². The number of hydrogen-bond acceptors (Lipinski definition) is 2. The Hall–Kier alpha value is -1.61. The van der Waals surface area contributed by atoms with E-state index in [9.17, 15) is 9.90 Å². The first-order valence-electron chi connectivity index (χ1n) is 4.72. The average molecular weight is 206 g/mol. The molecule has 1 aromatic rings. The zero-order chi connectivity index (χ0) is 11.3. The van der Waals surface area contributed by atoms with Gasteiger partial charge in [0, 0.05) is 0 Å². The molecule has 0 aliphatic heterocycles. The summed E-state index contributed by atoms with van der Waals surface area (Å²) in [6.07, 6.45) is 2.81. The fourth-order valence-corrected chi connectivity index (χ4v) is 1.49. The Bertz CT molecular complexity index is 356. The van der Waals surface area contributed by atoms with Crippen molar-refractivity contribution in [1.82, 2.24) is 0 Å². The van der Waals surface area contributed by atoms with Crippen LogP contribution in [0.2, 0.25) is 0 Å². The molecule has 0 aliphatic rings. The zero-order valence-electron chi connectivity index (χ0n) is 8.55. The zero-order valence-corrected chi connectivity index (χ0v) is 8.55. The molecular weight excluding hydrogens is 192 g/mol. The van der Waals surface area contributed by atoms with Crippen LogP contribution in [0, 0.1) is 0 Å². The number of rotatable bonds is 4. The molecule has 1 rings (SSSR count). The molecule has 1 aromatic carbocycles. The van der Waals surface area contributed by atoms with Crippen molar-refractivity contribution < 1.29 is 15.0 Å². The number of carboxylic acid groups (broad SMARTS) is 1. The van der Waals surface area contributed by atoms with Crippen LogP contribution in [0.4, 0.5) is 0 Å². The molecule has 0 spiro atoms. The van der Waals surface area contributed by atoms with Crippen molar-refractivity contribution in [3.8, 4) is 0 Å². The molecule has 1 unspecified atom stereocenters. The standard InChI is InChI=1S/C12H14O3/c1-2-8-12(15,9-11(13)14)10-6-4-3-5-7-10/h2-8,15H,9H2,1H3,(H,13,14). The smallest absolute Gasteiger partial charge is 0.306 e. The lowest BCUT2D eigenvalue weighted by atomic mass is 9.90. The number of hydrogen-bond donors (Lipinski definition) is 2. The first kappa shape index (κ1) is 11.5. The van der Waals surface area contributed by atoms with E-state index in [-0.39, 0.29) is 6.42 Å². The molecular formula is C12H14O3. The number of carboxylic acids is 1. The highest BCUT2D eigenvalue weighted by molar-refractivity contribution is 5.69. The lowest BCUT2D eigenvalue weighted by Gasteiger charge is -2.23. The molecule has 0 aliphatic carbocycles. The van der Waals surface area contributed by atoms with E-state index < -0.39 is 11.6 Å². The SMILES string of the molecule is CC=CC(O)(CC(=O)O)c1ccccc1. The third kappa shape index (κ3) is 2.92. The van der Waals surface area contributed by atoms with E-state index >= 15 is 0 Å². The van der Waals surface area contributed by atoms with Crippen molar-refractivity contribution in [2.45, 2.75) is 18.9 Å². The first-order valence-corrected chi connectivity index (χ1v) is 4.72. The van der Waals surface area contributed by atoms with Gasteiger partial charge in [-0.2, -0.15) is 0 Å². The predicted octanol–water partition coefficient (Wildman–Crippen LogP) is 1.93. The summed E-state index contributed by atoms with van der Waals surface area (Å²) in [7, 11) is 0. The Morgan fingerprint density at radius 3 is 2.47 bits per heavy atom. The molecule has 0 radical (unpaired) electrons. The Balaban J connectivity index is 3.06. The summed E-state index contributed by atoms with van der Waals surface area (Å²) in [5.41, 5.74) is -0.826. The largest absolute Gasteiger partial charge is 0.481 e. The van der Waals surface area contributed by atoms with Gasteiger partial charge < -0.3 is 10.2 Å². The van der Waals surface area contributed by atoms with Gasteiger partial charge in [-0.1, -0.05) is 42.5 Å². The molecule has 15 heavy (non-hydrogen) atoms. The summed E-state index contributed by atoms with van der Waals surface area (Å²) in [5.74, 6) is -1.03. The monoisotopic (exact) mass is 206 g/mol. The van der Waals surface area contributed by atoms with Crippen LogP contribution in [0.5, 0.6) is 0 Å². The van der Waals surface area contributed by atoms with Crippen molar-refractivity contribution in [3.05, 3.63) is 48.0 Å². The number of carbonyl (C=O) groups is 1. The minimum Gasteiger partial charge on any atom is -0.481 e. The van der Waals surface area contributed by atoms with Gasteiger partial charge in [0.1, 0.15) is 5.60 Å². The molecule has 0 saturated carbocycles. The minimum atomic E-state index is -1.41. The van der Waals surface area contributed by atoms with E-state index in [0.717, 1.165) is 0 Å². The fourth-order valence-electron chi connectivity index (χ4n) is 1.49. The fraction of sp³-hybridized carbons (Fsp3) is 0.250. The topological polar surface area (TPSA) is 57.5 Å². The maximum absolute atomic E-state index is 10.7. The van der Waals surface area contributed by atoms with Crippen molar-refractivity contribution in [3.63, 3.8) is 0 Å². The van der Waals surface area contributed by atoms with Gasteiger partial charge in [0.25, 0.3) is 0 Å². The average Bonchev–Trinajstić information content (AvgIpc) is 2.18. The number of aliphatic carboxylic acids is 1. The molecule has 0 saturated heterocycles. The minimum absolute atomic E-state index is 0.332. The summed E-state index contributed by atoms with van der Waals surface area (Å²) < 4.78 is 0. The van der Waals surface area contributed by atoms with E-state index in [2.05, 4.69) is 0 Å². The Kier molecular flexibility index (Phi) is 3.63. The highest BCUT2D eigenvalue weighted by Crippen LogP contribution is 2.26. The summed E-state index contributed by atoms with van der Waals surface area (Å²) >= 11 is 0. The Morgan fingerprint density at radius 1 is 1.40 bits per heavy atom. The van der Waals surface area contributed by atoms with E-state index in [1.54, 1.807) is 37.3 Å². The highest BCUT2D eigenvalue weighted by atomic mass is 16.4. The molecule has 0 heterocycles. The molecule has 0 amide bonds. The molecule has 0 bridgehead atoms. The second kappa shape index (κ2) is 4.75. The van der Waals surface area contributed by atoms with Crippen molar-refractivity contribution in [1.29, 1.82) is 0 Å². The highest BCUT2D eigenvalue weighted by Gasteiger charge is 2.28. The van der Waals surface area contributed by atoms with E-state index in [1.165, 1.54) is 6.08 Å². The van der Waals surface area contributed by atoms with Gasteiger partial charge in [-0.25, -0.2) is 0 Å². The van der Waals surface area contributed by atoms with Crippen molar-refractivity contribution in [2.24, 2.45) is 0 Å². The normalized spacial score (nSPS) is 15.1. The van der Waals surface area contributed by atoms with Crippen LogP contribution in [0.3, 0.4) is 0 Å². The van der Waals surface area contributed by atoms with E-state index in [1.807, 2.05) is 6.07 Å². The first-order chi connectivity index (χ1) is 7.08. The predicted molar refractivity (Wildman–Crippen MR) is 57.4 cm³/mol. The summed E-state index contributed by atoms with van der Waals surface area (Å²) in [6.45, 7) is 1.75. The van der Waals surface area contributed by atoms with Crippen LogP contribution in [0.1, 0.15) is 18.9 Å². The second-order valence-corrected chi connectivity index (χ2v) is 3.36. The van der Waals surface area contributed by atoms with Crippen LogP contribution in [0.25, 0.3) is 0 Å². The number of benzene rings is 1. The third-order valence-electron chi connectivity index (χ3n) is 2.14. The summed E-state index contributed by atoms with van der Waals surface area (Å²) in [4.78, 5) is 10.7. The Morgan fingerprint density at radius 2 is 2.00 bits per heavy atom. The lowest BCUT2D eigenvalue weighted by Crippen LogP contribution is -2.26. The van der Waals surface area contributed by atoms with Gasteiger partial charge in [-0.05, 0) is 12.5 Å². The van der Waals surface area contributed by atoms with Crippen LogP contribution in [-0.4, -0.2) is 16.2 Å². The van der Waals surface area contributed by atoms with Crippen LogP contribution >= 0.6 is 0 Å². The molecule has 2 N–H and O–H groups in total. The molecule has 3 nitrogen and oxygen atoms in total. The number of allylic oxidation sites excluding steroid dienone is 1. The summed E-state index contributed by atoms with van der Waals surface area (Å²) in [6, 6.07) is 8.78. The Labute approximate surface area is 88.7 Å². The lowest BCUT2D eigenvalue weighted by molar-refractivity contribution is -0.141. The van der Waals surface area contributed by atoms with E-state index in [4.69, 9.17) is 5.11 Å². The maximum atomic E-state index is 10.7. The molecule has 3 heteroatoms. The van der Waals surface area contributed by atoms with Crippen LogP contribution in [0.15, 0.2) is 42.5 Å². The van der Waals surface area contributed by atoms with Crippen LogP contribution in [-0.2, 0) is 10.4 Å². The van der Waals surface area contributed by atoms with Gasteiger partial charge in [-0.3, -0.25) is 4.79 Å². The van der Waals surface area contributed by atoms with Crippen molar-refractivity contribution in [2.75, 3.05) is 0 Å². The molecule has 0 fully saturated rings. The van der Waals surface area contributed by atoms with Gasteiger partial charge >= 0.3 is 5.97 Å².